The highest BCUT2D eigenvalue weighted by molar-refractivity contribution is 7.16. The molecule has 0 saturated heterocycles. The molecule has 0 aromatic heterocycles. The summed E-state index contributed by atoms with van der Waals surface area (Å²) < 4.78 is 0. The summed E-state index contributed by atoms with van der Waals surface area (Å²) in [5, 5.41) is 6.18. The van der Waals surface area contributed by atoms with Crippen molar-refractivity contribution in [3.05, 3.63) is 110 Å². The molecule has 0 spiro atoms. The maximum atomic E-state index is 2.51. The molecule has 0 N–H and O–H groups in total. The number of hydrogen-bond donors (Lipinski definition) is 0. The molecule has 0 bridgehead atoms. The first-order chi connectivity index (χ1) is 15.6. The van der Waals surface area contributed by atoms with Crippen molar-refractivity contribution in [3.63, 3.8) is 0 Å². The van der Waals surface area contributed by atoms with Crippen LogP contribution in [0.5, 0.6) is 0 Å². The Morgan fingerprint density at radius 1 is 0.576 bits per heavy atom. The molecule has 0 aliphatic heterocycles. The van der Waals surface area contributed by atoms with Crippen LogP contribution >= 0.6 is 0 Å². The largest absolute Gasteiger partial charge is 0.176 e. The third-order valence-corrected chi connectivity index (χ3v) is 13.4. The Morgan fingerprint density at radius 3 is 1.58 bits per heavy atom. The number of aryl methyl sites for hydroxylation is 4. The first-order valence-electron chi connectivity index (χ1n) is 12.2. The van der Waals surface area contributed by atoms with Crippen LogP contribution in [-0.2, 0) is 0 Å². The van der Waals surface area contributed by atoms with Gasteiger partial charge in [-0.05, 0) is 99.1 Å². The fraction of sp³-hybridized carbons (Fsp3) is 0.312. The third-order valence-electron chi connectivity index (χ3n) is 8.27. The van der Waals surface area contributed by atoms with Crippen molar-refractivity contribution in [2.45, 2.75) is 62.3 Å². The van der Waals surface area contributed by atoms with Crippen LogP contribution in [0, 0.1) is 40.5 Å². The molecule has 0 fully saturated rings. The van der Waals surface area contributed by atoms with Gasteiger partial charge in [0.1, 0.15) is 0 Å². The lowest BCUT2D eigenvalue weighted by molar-refractivity contribution is 0.851. The predicted octanol–water partition coefficient (Wildman–Crippen LogP) is 6.54. The van der Waals surface area contributed by atoms with E-state index in [4.69, 9.17) is 0 Å². The molecular weight excluding hydrogens is 412 g/mol. The van der Waals surface area contributed by atoms with Crippen molar-refractivity contribution < 1.29 is 0 Å². The van der Waals surface area contributed by atoms with E-state index < -0.39 is 8.07 Å². The van der Waals surface area contributed by atoms with Gasteiger partial charge in [-0.15, -0.1) is 0 Å². The van der Waals surface area contributed by atoms with Crippen LogP contribution in [0.3, 0.4) is 0 Å². The predicted molar refractivity (Wildman–Crippen MR) is 148 cm³/mol. The average molecular weight is 451 g/mol. The van der Waals surface area contributed by atoms with Gasteiger partial charge in [-0.1, -0.05) is 95.1 Å². The lowest BCUT2D eigenvalue weighted by Crippen LogP contribution is -2.69. The summed E-state index contributed by atoms with van der Waals surface area (Å²) in [5.41, 5.74) is 11.4. The maximum Gasteiger partial charge on any atom is 0.176 e. The quantitative estimate of drug-likeness (QED) is 0.313. The highest BCUT2D eigenvalue weighted by Gasteiger charge is 2.48. The first kappa shape index (κ1) is 23.5. The van der Waals surface area contributed by atoms with Crippen LogP contribution in [0.15, 0.2) is 82.6 Å². The Kier molecular flexibility index (Phi) is 6.14. The fourth-order valence-electron chi connectivity index (χ4n) is 6.07. The molecule has 0 heterocycles. The summed E-state index contributed by atoms with van der Waals surface area (Å²) in [6.45, 7) is 20.8. The maximum absolute atomic E-state index is 2.51. The molecule has 1 aliphatic rings. The summed E-state index contributed by atoms with van der Waals surface area (Å²) in [5.74, 6) is 0.444. The monoisotopic (exact) mass is 450 g/mol. The molecule has 3 aromatic rings. The summed E-state index contributed by atoms with van der Waals surface area (Å²) in [6.07, 6.45) is 0. The molecule has 0 radical (unpaired) electrons. The van der Waals surface area contributed by atoms with E-state index in [0.717, 1.165) is 0 Å². The second-order valence-corrected chi connectivity index (χ2v) is 14.1. The van der Waals surface area contributed by atoms with E-state index >= 15 is 0 Å². The second-order valence-electron chi connectivity index (χ2n) is 10.3. The summed E-state index contributed by atoms with van der Waals surface area (Å²) >= 11 is 0. The van der Waals surface area contributed by atoms with Gasteiger partial charge >= 0.3 is 0 Å². The van der Waals surface area contributed by atoms with Crippen LogP contribution in [-0.4, -0.2) is 8.07 Å². The van der Waals surface area contributed by atoms with Crippen molar-refractivity contribution in [3.8, 4) is 0 Å². The number of hydrogen-bond acceptors (Lipinski definition) is 0. The minimum Gasteiger partial charge on any atom is -0.0636 e. The Labute approximate surface area is 202 Å². The first-order valence-corrected chi connectivity index (χ1v) is 14.2. The van der Waals surface area contributed by atoms with E-state index in [1.807, 2.05) is 0 Å². The zero-order chi connectivity index (χ0) is 24.1. The topological polar surface area (TPSA) is 0 Å². The smallest absolute Gasteiger partial charge is 0.0636 e. The van der Waals surface area contributed by atoms with Crippen LogP contribution in [0.2, 0.25) is 0 Å². The van der Waals surface area contributed by atoms with Crippen molar-refractivity contribution >= 4 is 23.6 Å². The van der Waals surface area contributed by atoms with Crippen LogP contribution in [0.1, 0.15) is 55.5 Å². The highest BCUT2D eigenvalue weighted by atomic mass is 28.3. The Bertz CT molecular complexity index is 1250. The van der Waals surface area contributed by atoms with E-state index in [1.165, 1.54) is 60.1 Å². The van der Waals surface area contributed by atoms with Gasteiger partial charge < -0.3 is 0 Å². The lowest BCUT2D eigenvalue weighted by atomic mass is 10.0. The van der Waals surface area contributed by atoms with Gasteiger partial charge in [-0.25, -0.2) is 0 Å². The van der Waals surface area contributed by atoms with Gasteiger partial charge in [0.2, 0.25) is 0 Å². The second kappa shape index (κ2) is 8.61. The van der Waals surface area contributed by atoms with Gasteiger partial charge in [0.25, 0.3) is 0 Å². The van der Waals surface area contributed by atoms with Crippen LogP contribution in [0.25, 0.3) is 0 Å². The van der Waals surface area contributed by atoms with Gasteiger partial charge in [0.15, 0.2) is 8.07 Å². The third kappa shape index (κ3) is 3.67. The minimum absolute atomic E-state index is 0.444. The van der Waals surface area contributed by atoms with E-state index in [-0.39, 0.29) is 0 Å². The zero-order valence-electron chi connectivity index (χ0n) is 21.9. The van der Waals surface area contributed by atoms with Gasteiger partial charge in [0, 0.05) is 0 Å². The number of benzene rings is 3. The summed E-state index contributed by atoms with van der Waals surface area (Å²) in [7, 11) is -2.51. The Balaban J connectivity index is 2.25. The van der Waals surface area contributed by atoms with E-state index in [1.54, 1.807) is 5.20 Å². The summed E-state index contributed by atoms with van der Waals surface area (Å²) in [4.78, 5) is 0. The SMILES string of the molecule is CC1=C(C)C(C)C([Si](c2ccccc2)(c2cc(C)cc(C)c2)c2cc(C)c(C)c(C)c2)=C1C. The fourth-order valence-corrected chi connectivity index (χ4v) is 12.1. The van der Waals surface area contributed by atoms with E-state index in [2.05, 4.69) is 123 Å². The van der Waals surface area contributed by atoms with Gasteiger partial charge in [-0.2, -0.15) is 0 Å². The number of allylic oxidation sites excluding steroid dienone is 4. The molecule has 33 heavy (non-hydrogen) atoms. The molecule has 2 atom stereocenters. The van der Waals surface area contributed by atoms with Gasteiger partial charge in [-0.3, -0.25) is 0 Å². The number of rotatable bonds is 4. The minimum atomic E-state index is -2.51. The molecule has 4 rings (SSSR count). The van der Waals surface area contributed by atoms with Crippen molar-refractivity contribution in [2.75, 3.05) is 0 Å². The summed E-state index contributed by atoms with van der Waals surface area (Å²) in [6, 6.07) is 23.7. The molecule has 0 saturated carbocycles. The van der Waals surface area contributed by atoms with E-state index in [9.17, 15) is 0 Å². The molecule has 1 heteroatoms. The zero-order valence-corrected chi connectivity index (χ0v) is 22.9. The Morgan fingerprint density at radius 2 is 1.09 bits per heavy atom. The van der Waals surface area contributed by atoms with Crippen LogP contribution in [0.4, 0.5) is 0 Å². The highest BCUT2D eigenvalue weighted by Crippen LogP contribution is 2.41. The van der Waals surface area contributed by atoms with Crippen molar-refractivity contribution in [1.82, 2.24) is 0 Å². The molecule has 3 aromatic carbocycles. The Hall–Kier alpha value is -2.64. The van der Waals surface area contributed by atoms with Gasteiger partial charge in [0.05, 0.1) is 0 Å². The standard InChI is InChI=1S/C32H38Si/c1-20-15-21(2)17-30(16-20)33(29-13-11-10-12-14-29,31-18-22(3)24(5)23(4)19-31)32-27(8)25(6)26(7)28(32)9/h10-19,27H,1-9H3. The van der Waals surface area contributed by atoms with E-state index in [0.29, 0.717) is 5.92 Å². The van der Waals surface area contributed by atoms with Crippen LogP contribution < -0.4 is 15.6 Å². The molecule has 1 aliphatic carbocycles. The normalized spacial score (nSPS) is 18.2. The molecule has 170 valence electrons. The lowest BCUT2D eigenvalue weighted by Gasteiger charge is -2.39. The average Bonchev–Trinajstić information content (AvgIpc) is 2.96. The molecule has 2 unspecified atom stereocenters. The molecule has 0 amide bonds. The molecular formula is C32H38Si. The van der Waals surface area contributed by atoms with Crippen molar-refractivity contribution in [1.29, 1.82) is 0 Å². The van der Waals surface area contributed by atoms with Crippen molar-refractivity contribution in [2.24, 2.45) is 5.92 Å². The molecule has 0 nitrogen and oxygen atoms in total.